The van der Waals surface area contributed by atoms with Crippen molar-refractivity contribution in [1.29, 1.82) is 0 Å². The molecule has 2 aliphatic heterocycles. The summed E-state index contributed by atoms with van der Waals surface area (Å²) in [6.45, 7) is 2.39. The molecule has 2 nitrogen and oxygen atoms in total. The molecule has 0 aromatic carbocycles. The molecule has 4 heteroatoms. The Bertz CT molecular complexity index is 271. The molecule has 2 rings (SSSR count). The van der Waals surface area contributed by atoms with Crippen molar-refractivity contribution in [2.45, 2.75) is 0 Å². The maximum absolute atomic E-state index is 2.34. The van der Waals surface area contributed by atoms with Gasteiger partial charge in [-0.2, -0.15) is 0 Å². The molecule has 2 heterocycles. The van der Waals surface area contributed by atoms with Gasteiger partial charge in [0, 0.05) is 25.4 Å². The van der Waals surface area contributed by atoms with Crippen LogP contribution in [0.4, 0.5) is 0 Å². The quantitative estimate of drug-likeness (QED) is 0.609. The van der Waals surface area contributed by atoms with Gasteiger partial charge >= 0.3 is 0 Å². The minimum atomic E-state index is 1.19. The second-order valence-corrected chi connectivity index (χ2v) is 5.59. The Balaban J connectivity index is 2.14. The summed E-state index contributed by atoms with van der Waals surface area (Å²) in [5.74, 6) is 2.48. The van der Waals surface area contributed by atoms with E-state index in [9.17, 15) is 0 Å². The van der Waals surface area contributed by atoms with Crippen LogP contribution in [0.5, 0.6) is 0 Å². The molecule has 0 radical (unpaired) electrons. The van der Waals surface area contributed by atoms with Gasteiger partial charge < -0.3 is 4.90 Å². The van der Waals surface area contributed by atoms with Crippen LogP contribution < -0.4 is 0 Å². The molecule has 1 saturated heterocycles. The fourth-order valence-corrected chi connectivity index (χ4v) is 3.66. The van der Waals surface area contributed by atoms with E-state index in [0.717, 1.165) is 0 Å². The third-order valence-corrected chi connectivity index (χ3v) is 4.58. The monoisotopic (exact) mass is 215 g/mol. The van der Waals surface area contributed by atoms with Gasteiger partial charge in [0.1, 0.15) is 7.05 Å². The molecule has 0 N–H and O–H groups in total. The topological polar surface area (TPSA) is 6.25 Å². The molecule has 0 bridgehead atoms. The van der Waals surface area contributed by atoms with Crippen molar-refractivity contribution < 1.29 is 4.58 Å². The van der Waals surface area contributed by atoms with Gasteiger partial charge in [0.15, 0.2) is 6.54 Å². The van der Waals surface area contributed by atoms with E-state index in [1.165, 1.54) is 34.7 Å². The summed E-state index contributed by atoms with van der Waals surface area (Å²) >= 11 is 3.93. The lowest BCUT2D eigenvalue weighted by molar-refractivity contribution is -0.485. The average molecular weight is 215 g/mol. The fraction of sp³-hybridized carbons (Fsp3) is 0.667. The molecule has 13 heavy (non-hydrogen) atoms. The van der Waals surface area contributed by atoms with Crippen LogP contribution in [-0.4, -0.2) is 53.2 Å². The highest BCUT2D eigenvalue weighted by Crippen LogP contribution is 2.27. The van der Waals surface area contributed by atoms with E-state index >= 15 is 0 Å². The minimum Gasteiger partial charge on any atom is -0.368 e. The van der Waals surface area contributed by atoms with Crippen molar-refractivity contribution in [2.75, 3.05) is 38.7 Å². The number of rotatable bonds is 1. The molecule has 0 spiro atoms. The van der Waals surface area contributed by atoms with E-state index in [-0.39, 0.29) is 0 Å². The Morgan fingerprint density at radius 3 is 2.77 bits per heavy atom. The van der Waals surface area contributed by atoms with Crippen LogP contribution in [0.3, 0.4) is 0 Å². The van der Waals surface area contributed by atoms with Gasteiger partial charge in [-0.3, -0.25) is 0 Å². The smallest absolute Gasteiger partial charge is 0.237 e. The predicted octanol–water partition coefficient (Wildman–Crippen LogP) is 1.29. The maximum atomic E-state index is 2.34. The minimum absolute atomic E-state index is 1.19. The van der Waals surface area contributed by atoms with Crippen molar-refractivity contribution >= 4 is 28.6 Å². The first-order chi connectivity index (χ1) is 6.27. The van der Waals surface area contributed by atoms with Crippen LogP contribution in [0, 0.1) is 0 Å². The third kappa shape index (κ3) is 2.05. The summed E-state index contributed by atoms with van der Waals surface area (Å²) in [7, 11) is 4.35. The number of hydrogen-bond acceptors (Lipinski definition) is 3. The lowest BCUT2D eigenvalue weighted by Crippen LogP contribution is -2.13. The van der Waals surface area contributed by atoms with Gasteiger partial charge in [0.05, 0.1) is 10.8 Å². The fourth-order valence-electron chi connectivity index (χ4n) is 1.42. The summed E-state index contributed by atoms with van der Waals surface area (Å²) in [5.41, 5.74) is 0. The van der Waals surface area contributed by atoms with Gasteiger partial charge in [-0.1, -0.05) is 11.8 Å². The van der Waals surface area contributed by atoms with E-state index in [0.29, 0.717) is 0 Å². The first kappa shape index (κ1) is 9.46. The van der Waals surface area contributed by atoms with Gasteiger partial charge in [-0.05, 0) is 0 Å². The molecule has 1 fully saturated rings. The number of nitrogens with zero attached hydrogens (tertiary/aromatic N) is 2. The molecular formula is C9H15N2S2+. The molecule has 0 aromatic heterocycles. The summed E-state index contributed by atoms with van der Waals surface area (Å²) in [4.78, 5) is 2.34. The zero-order valence-corrected chi connectivity index (χ0v) is 9.75. The summed E-state index contributed by atoms with van der Waals surface area (Å²) < 4.78 is 2.34. The van der Waals surface area contributed by atoms with Crippen LogP contribution >= 0.6 is 23.5 Å². The zero-order chi connectivity index (χ0) is 9.26. The lowest BCUT2D eigenvalue weighted by atomic mass is 10.5. The molecule has 0 aromatic rings. The van der Waals surface area contributed by atoms with Gasteiger partial charge in [-0.15, -0.1) is 11.8 Å². The SMILES string of the molecule is CN1CCS/C1=C/C1=[N+](C)CCS1. The standard InChI is InChI=1S/C9H15N2S2/c1-10-3-5-12-8(10)7-9-11(2)4-6-13-9/h7H,3-6H2,1-2H3/q+1. The first-order valence-corrected chi connectivity index (χ1v) is 6.51. The molecule has 0 unspecified atom stereocenters. The van der Waals surface area contributed by atoms with E-state index in [4.69, 9.17) is 0 Å². The Hall–Kier alpha value is -0.0900. The van der Waals surface area contributed by atoms with Crippen LogP contribution in [0.25, 0.3) is 0 Å². The zero-order valence-electron chi connectivity index (χ0n) is 8.12. The average Bonchev–Trinajstić information content (AvgIpc) is 2.65. The van der Waals surface area contributed by atoms with Gasteiger partial charge in [0.25, 0.3) is 0 Å². The Morgan fingerprint density at radius 2 is 2.23 bits per heavy atom. The number of hydrogen-bond donors (Lipinski definition) is 0. The van der Waals surface area contributed by atoms with E-state index in [2.05, 4.69) is 29.6 Å². The van der Waals surface area contributed by atoms with E-state index in [1.807, 2.05) is 23.5 Å². The van der Waals surface area contributed by atoms with Crippen molar-refractivity contribution in [3.63, 3.8) is 0 Å². The van der Waals surface area contributed by atoms with E-state index < -0.39 is 0 Å². The van der Waals surface area contributed by atoms with Crippen molar-refractivity contribution in [3.05, 3.63) is 11.1 Å². The number of thioether (sulfide) groups is 2. The molecular weight excluding hydrogens is 200 g/mol. The lowest BCUT2D eigenvalue weighted by Gasteiger charge is -2.09. The third-order valence-electron chi connectivity index (χ3n) is 2.35. The molecule has 0 aliphatic carbocycles. The largest absolute Gasteiger partial charge is 0.368 e. The van der Waals surface area contributed by atoms with Crippen molar-refractivity contribution in [3.8, 4) is 0 Å². The van der Waals surface area contributed by atoms with Gasteiger partial charge in [-0.25, -0.2) is 4.58 Å². The molecule has 0 saturated carbocycles. The summed E-state index contributed by atoms with van der Waals surface area (Å²) in [6, 6.07) is 0. The second kappa shape index (κ2) is 3.96. The molecule has 0 amide bonds. The predicted molar refractivity (Wildman–Crippen MR) is 61.7 cm³/mol. The van der Waals surface area contributed by atoms with Crippen LogP contribution in [0.1, 0.15) is 0 Å². The second-order valence-electron chi connectivity index (χ2n) is 3.36. The molecule has 72 valence electrons. The van der Waals surface area contributed by atoms with Crippen molar-refractivity contribution in [1.82, 2.24) is 4.90 Å². The first-order valence-electron chi connectivity index (χ1n) is 4.54. The summed E-state index contributed by atoms with van der Waals surface area (Å²) in [5, 5.41) is 2.85. The summed E-state index contributed by atoms with van der Waals surface area (Å²) in [6.07, 6.45) is 2.33. The Kier molecular flexibility index (Phi) is 2.89. The Labute approximate surface area is 88.1 Å². The highest BCUT2D eigenvalue weighted by Gasteiger charge is 2.21. The van der Waals surface area contributed by atoms with Crippen LogP contribution in [0.2, 0.25) is 0 Å². The normalized spacial score (nSPS) is 26.6. The highest BCUT2D eigenvalue weighted by atomic mass is 32.2. The maximum Gasteiger partial charge on any atom is 0.237 e. The van der Waals surface area contributed by atoms with Crippen LogP contribution in [-0.2, 0) is 0 Å². The van der Waals surface area contributed by atoms with Gasteiger partial charge in [0.2, 0.25) is 5.04 Å². The van der Waals surface area contributed by atoms with Crippen molar-refractivity contribution in [2.24, 2.45) is 0 Å². The highest BCUT2D eigenvalue weighted by molar-refractivity contribution is 8.14. The molecule has 2 aliphatic rings. The van der Waals surface area contributed by atoms with Crippen LogP contribution in [0.15, 0.2) is 11.1 Å². The Morgan fingerprint density at radius 1 is 1.38 bits per heavy atom. The molecule has 0 atom stereocenters. The van der Waals surface area contributed by atoms with E-state index in [1.54, 1.807) is 0 Å².